The highest BCUT2D eigenvalue weighted by molar-refractivity contribution is 6.32. The van der Waals surface area contributed by atoms with Gasteiger partial charge in [-0.05, 0) is 54.4 Å². The van der Waals surface area contributed by atoms with Gasteiger partial charge in [0.25, 0.3) is 11.8 Å². The number of benzene rings is 2. The average molecular weight is 427 g/mol. The standard InChI is InChI=1S/C22H19ClN2O5/c1-13-4-5-15(11-17(13)25-22(27)18-3-2-6-28-18)21(26)24-12-14-9-16(23)20-19(10-14)29-7-8-30-20/h2-6,9-11H,7-8,12H2,1H3,(H,24,26)(H,25,27). The molecule has 154 valence electrons. The zero-order chi connectivity index (χ0) is 21.1. The van der Waals surface area contributed by atoms with Gasteiger partial charge in [-0.2, -0.15) is 0 Å². The highest BCUT2D eigenvalue weighted by Gasteiger charge is 2.17. The van der Waals surface area contributed by atoms with E-state index in [2.05, 4.69) is 10.6 Å². The molecule has 0 unspecified atom stereocenters. The third-order valence-corrected chi connectivity index (χ3v) is 4.88. The van der Waals surface area contributed by atoms with Gasteiger partial charge in [0.2, 0.25) is 0 Å². The molecule has 0 spiro atoms. The van der Waals surface area contributed by atoms with Crippen LogP contribution in [0, 0.1) is 6.92 Å². The van der Waals surface area contributed by atoms with Crippen LogP contribution in [0.2, 0.25) is 5.02 Å². The molecule has 2 amide bonds. The number of fused-ring (bicyclic) bond motifs is 1. The normalized spacial score (nSPS) is 12.3. The minimum atomic E-state index is -0.383. The van der Waals surface area contributed by atoms with E-state index in [0.29, 0.717) is 41.0 Å². The van der Waals surface area contributed by atoms with Crippen LogP contribution in [-0.4, -0.2) is 25.0 Å². The molecule has 0 fully saturated rings. The van der Waals surface area contributed by atoms with Crippen LogP contribution in [0.1, 0.15) is 32.0 Å². The molecule has 2 N–H and O–H groups in total. The largest absolute Gasteiger partial charge is 0.486 e. The fraction of sp³-hybridized carbons (Fsp3) is 0.182. The van der Waals surface area contributed by atoms with Gasteiger partial charge < -0.3 is 24.5 Å². The summed E-state index contributed by atoms with van der Waals surface area (Å²) in [6.07, 6.45) is 1.43. The third kappa shape index (κ3) is 4.26. The number of furan rings is 1. The first kappa shape index (κ1) is 19.8. The van der Waals surface area contributed by atoms with Crippen LogP contribution in [0.3, 0.4) is 0 Å². The Balaban J connectivity index is 1.45. The number of ether oxygens (including phenoxy) is 2. The first-order chi connectivity index (χ1) is 14.5. The van der Waals surface area contributed by atoms with Crippen LogP contribution >= 0.6 is 11.6 Å². The molecule has 4 rings (SSSR count). The number of anilines is 1. The van der Waals surface area contributed by atoms with E-state index in [0.717, 1.165) is 11.1 Å². The lowest BCUT2D eigenvalue weighted by Crippen LogP contribution is -2.23. The van der Waals surface area contributed by atoms with Crippen molar-refractivity contribution >= 4 is 29.1 Å². The maximum absolute atomic E-state index is 12.6. The summed E-state index contributed by atoms with van der Waals surface area (Å²) in [5, 5.41) is 6.05. The number of carbonyl (C=O) groups excluding carboxylic acids is 2. The van der Waals surface area contributed by atoms with Gasteiger partial charge in [0.15, 0.2) is 17.3 Å². The summed E-state index contributed by atoms with van der Waals surface area (Å²) in [5.41, 5.74) is 2.56. The zero-order valence-electron chi connectivity index (χ0n) is 16.2. The van der Waals surface area contributed by atoms with Crippen molar-refractivity contribution in [1.82, 2.24) is 5.32 Å². The number of amides is 2. The van der Waals surface area contributed by atoms with Crippen molar-refractivity contribution in [3.8, 4) is 11.5 Å². The van der Waals surface area contributed by atoms with Crippen molar-refractivity contribution in [2.75, 3.05) is 18.5 Å². The van der Waals surface area contributed by atoms with E-state index in [1.54, 1.807) is 42.5 Å². The van der Waals surface area contributed by atoms with Gasteiger partial charge in [0.05, 0.1) is 11.3 Å². The molecule has 1 aromatic heterocycles. The van der Waals surface area contributed by atoms with Gasteiger partial charge in [-0.15, -0.1) is 0 Å². The molecule has 0 radical (unpaired) electrons. The maximum Gasteiger partial charge on any atom is 0.291 e. The summed E-state index contributed by atoms with van der Waals surface area (Å²) in [5.74, 6) is 0.616. The summed E-state index contributed by atoms with van der Waals surface area (Å²) in [6, 6.07) is 11.8. The van der Waals surface area contributed by atoms with Crippen LogP contribution < -0.4 is 20.1 Å². The van der Waals surface area contributed by atoms with E-state index in [4.69, 9.17) is 25.5 Å². The molecular weight excluding hydrogens is 408 g/mol. The molecule has 0 bridgehead atoms. The van der Waals surface area contributed by atoms with E-state index in [1.165, 1.54) is 6.26 Å². The molecule has 7 nitrogen and oxygen atoms in total. The molecule has 1 aliphatic rings. The van der Waals surface area contributed by atoms with Crippen molar-refractivity contribution in [1.29, 1.82) is 0 Å². The number of halogens is 1. The second-order valence-corrected chi connectivity index (χ2v) is 7.15. The topological polar surface area (TPSA) is 89.8 Å². The lowest BCUT2D eigenvalue weighted by atomic mass is 10.1. The van der Waals surface area contributed by atoms with E-state index in [-0.39, 0.29) is 24.1 Å². The molecule has 8 heteroatoms. The van der Waals surface area contributed by atoms with E-state index < -0.39 is 0 Å². The van der Waals surface area contributed by atoms with Gasteiger partial charge in [-0.25, -0.2) is 0 Å². The number of hydrogen-bond donors (Lipinski definition) is 2. The number of carbonyl (C=O) groups is 2. The van der Waals surface area contributed by atoms with Gasteiger partial charge in [-0.1, -0.05) is 17.7 Å². The highest BCUT2D eigenvalue weighted by atomic mass is 35.5. The molecule has 2 aromatic carbocycles. The van der Waals surface area contributed by atoms with Crippen LogP contribution in [0.5, 0.6) is 11.5 Å². The number of aryl methyl sites for hydroxylation is 1. The summed E-state index contributed by atoms with van der Waals surface area (Å²) in [4.78, 5) is 24.9. The fourth-order valence-corrected chi connectivity index (χ4v) is 3.33. The Bertz CT molecular complexity index is 1100. The van der Waals surface area contributed by atoms with Gasteiger partial charge in [0.1, 0.15) is 13.2 Å². The predicted molar refractivity (Wildman–Crippen MR) is 111 cm³/mol. The minimum absolute atomic E-state index is 0.194. The molecule has 0 saturated carbocycles. The first-order valence-electron chi connectivity index (χ1n) is 9.33. The Hall–Kier alpha value is -3.45. The van der Waals surface area contributed by atoms with Gasteiger partial charge in [0, 0.05) is 17.8 Å². The molecule has 3 aromatic rings. The summed E-state index contributed by atoms with van der Waals surface area (Å²) >= 11 is 6.24. The van der Waals surface area contributed by atoms with E-state index in [9.17, 15) is 9.59 Å². The fourth-order valence-electron chi connectivity index (χ4n) is 3.04. The quantitative estimate of drug-likeness (QED) is 0.638. The predicted octanol–water partition coefficient (Wildman–Crippen LogP) is 4.19. The Labute approximate surface area is 177 Å². The van der Waals surface area contributed by atoms with Crippen LogP contribution in [0.4, 0.5) is 5.69 Å². The second-order valence-electron chi connectivity index (χ2n) is 6.75. The van der Waals surface area contributed by atoms with Crippen molar-refractivity contribution in [3.63, 3.8) is 0 Å². The molecule has 30 heavy (non-hydrogen) atoms. The van der Waals surface area contributed by atoms with E-state index >= 15 is 0 Å². The zero-order valence-corrected chi connectivity index (χ0v) is 16.9. The molecule has 0 saturated heterocycles. The molecular formula is C22H19ClN2O5. The number of rotatable bonds is 5. The molecule has 2 heterocycles. The Morgan fingerprint density at radius 3 is 2.70 bits per heavy atom. The minimum Gasteiger partial charge on any atom is -0.486 e. The smallest absolute Gasteiger partial charge is 0.291 e. The van der Waals surface area contributed by atoms with Crippen molar-refractivity contribution < 1.29 is 23.5 Å². The van der Waals surface area contributed by atoms with Crippen molar-refractivity contribution in [2.45, 2.75) is 13.5 Å². The van der Waals surface area contributed by atoms with Crippen LogP contribution in [0.15, 0.2) is 53.1 Å². The van der Waals surface area contributed by atoms with Crippen LogP contribution in [-0.2, 0) is 6.54 Å². The van der Waals surface area contributed by atoms with Gasteiger partial charge >= 0.3 is 0 Å². The molecule has 0 atom stereocenters. The summed E-state index contributed by atoms with van der Waals surface area (Å²) < 4.78 is 16.2. The van der Waals surface area contributed by atoms with Crippen molar-refractivity contribution in [2.24, 2.45) is 0 Å². The van der Waals surface area contributed by atoms with Gasteiger partial charge in [-0.3, -0.25) is 9.59 Å². The first-order valence-corrected chi connectivity index (χ1v) is 9.71. The Morgan fingerprint density at radius 2 is 1.90 bits per heavy atom. The van der Waals surface area contributed by atoms with E-state index in [1.807, 2.05) is 6.92 Å². The average Bonchev–Trinajstić information content (AvgIpc) is 3.29. The third-order valence-electron chi connectivity index (χ3n) is 4.60. The molecule has 0 aliphatic carbocycles. The SMILES string of the molecule is Cc1ccc(C(=O)NCc2cc(Cl)c3c(c2)OCCO3)cc1NC(=O)c1ccco1. The van der Waals surface area contributed by atoms with Crippen molar-refractivity contribution in [3.05, 3.63) is 76.2 Å². The van der Waals surface area contributed by atoms with Crippen LogP contribution in [0.25, 0.3) is 0 Å². The lowest BCUT2D eigenvalue weighted by molar-refractivity contribution is 0.0948. The lowest BCUT2D eigenvalue weighted by Gasteiger charge is -2.20. The Kier molecular flexibility index (Phi) is 5.63. The highest BCUT2D eigenvalue weighted by Crippen LogP contribution is 2.38. The second kappa shape index (κ2) is 8.51. The summed E-state index contributed by atoms with van der Waals surface area (Å²) in [7, 11) is 0. The molecule has 1 aliphatic heterocycles. The number of nitrogens with one attached hydrogen (secondary N) is 2. The Morgan fingerprint density at radius 1 is 1.07 bits per heavy atom. The monoisotopic (exact) mass is 426 g/mol. The summed E-state index contributed by atoms with van der Waals surface area (Å²) in [6.45, 7) is 3.01. The maximum atomic E-state index is 12.6. The number of hydrogen-bond acceptors (Lipinski definition) is 5.